The van der Waals surface area contributed by atoms with E-state index in [1.165, 1.54) is 25.3 Å². The summed E-state index contributed by atoms with van der Waals surface area (Å²) in [7, 11) is 1.55. The average molecular weight is 343 g/mol. The van der Waals surface area contributed by atoms with Crippen LogP contribution in [0.1, 0.15) is 12.5 Å². The maximum Gasteiger partial charge on any atom is 0.278 e. The highest BCUT2D eigenvalue weighted by molar-refractivity contribution is 5.94. The van der Waals surface area contributed by atoms with Crippen LogP contribution in [0.25, 0.3) is 0 Å². The molecule has 1 unspecified atom stereocenters. The fourth-order valence-corrected chi connectivity index (χ4v) is 1.91. The van der Waals surface area contributed by atoms with Crippen LogP contribution < -0.4 is 10.1 Å². The molecule has 1 amide bonds. The van der Waals surface area contributed by atoms with Crippen LogP contribution in [-0.2, 0) is 9.63 Å². The number of nitro groups is 1. The minimum atomic E-state index is -0.874. The summed E-state index contributed by atoms with van der Waals surface area (Å²) in [6.07, 6.45) is 0.330. The smallest absolute Gasteiger partial charge is 0.278 e. The van der Waals surface area contributed by atoms with Crippen LogP contribution in [0, 0.1) is 10.1 Å². The van der Waals surface area contributed by atoms with Crippen molar-refractivity contribution in [1.82, 2.24) is 0 Å². The van der Waals surface area contributed by atoms with E-state index in [2.05, 4.69) is 10.5 Å². The van der Waals surface area contributed by atoms with E-state index >= 15 is 0 Å². The zero-order valence-corrected chi connectivity index (χ0v) is 13.7. The van der Waals surface area contributed by atoms with Gasteiger partial charge in [0.05, 0.1) is 23.8 Å². The number of para-hydroxylation sites is 1. The van der Waals surface area contributed by atoms with Crippen molar-refractivity contribution in [3.63, 3.8) is 0 Å². The van der Waals surface area contributed by atoms with E-state index in [1.54, 1.807) is 43.5 Å². The molecule has 2 aromatic rings. The molecule has 2 rings (SSSR count). The third-order valence-electron chi connectivity index (χ3n) is 3.27. The molecule has 0 saturated heterocycles. The van der Waals surface area contributed by atoms with Crippen molar-refractivity contribution in [2.75, 3.05) is 12.4 Å². The van der Waals surface area contributed by atoms with Gasteiger partial charge in [0.1, 0.15) is 5.75 Å². The monoisotopic (exact) mass is 343 g/mol. The van der Waals surface area contributed by atoms with Gasteiger partial charge >= 0.3 is 0 Å². The third kappa shape index (κ3) is 5.03. The van der Waals surface area contributed by atoms with Crippen molar-refractivity contribution in [3.05, 3.63) is 64.2 Å². The lowest BCUT2D eigenvalue weighted by Gasteiger charge is -2.10. The van der Waals surface area contributed by atoms with Crippen LogP contribution in [0.2, 0.25) is 0 Å². The molecule has 0 saturated carbocycles. The number of nitro benzene ring substituents is 1. The lowest BCUT2D eigenvalue weighted by atomic mass is 10.2. The Morgan fingerprint density at radius 2 is 1.92 bits per heavy atom. The van der Waals surface area contributed by atoms with Crippen LogP contribution in [0.3, 0.4) is 0 Å². The summed E-state index contributed by atoms with van der Waals surface area (Å²) in [6.45, 7) is 1.52. The largest absolute Gasteiger partial charge is 0.497 e. The Balaban J connectivity index is 1.93. The van der Waals surface area contributed by atoms with Gasteiger partial charge in [0.15, 0.2) is 0 Å². The lowest BCUT2D eigenvalue weighted by Crippen LogP contribution is -2.26. The van der Waals surface area contributed by atoms with E-state index in [1.807, 2.05) is 0 Å². The van der Waals surface area contributed by atoms with E-state index in [4.69, 9.17) is 9.57 Å². The van der Waals surface area contributed by atoms with Crippen LogP contribution >= 0.6 is 0 Å². The fraction of sp³-hybridized carbons (Fsp3) is 0.176. The standard InChI is InChI=1S/C17H17N3O5/c1-12(17(21)19-14-7-9-15(24-2)10-8-14)25-18-11-13-5-3-4-6-16(13)20(22)23/h3-12H,1-2H3,(H,19,21)/b18-11+. The minimum absolute atomic E-state index is 0.0924. The summed E-state index contributed by atoms with van der Waals surface area (Å²) >= 11 is 0. The molecule has 2 aromatic carbocycles. The van der Waals surface area contributed by atoms with E-state index in [-0.39, 0.29) is 11.3 Å². The van der Waals surface area contributed by atoms with Crippen LogP contribution in [0.5, 0.6) is 5.75 Å². The number of amides is 1. The van der Waals surface area contributed by atoms with Gasteiger partial charge in [-0.1, -0.05) is 17.3 Å². The van der Waals surface area contributed by atoms with E-state index in [0.29, 0.717) is 11.4 Å². The number of carbonyl (C=O) groups is 1. The summed E-state index contributed by atoms with van der Waals surface area (Å²) in [5.41, 5.74) is 0.782. The van der Waals surface area contributed by atoms with Crippen LogP contribution in [0.4, 0.5) is 11.4 Å². The minimum Gasteiger partial charge on any atom is -0.497 e. The first-order valence-electron chi connectivity index (χ1n) is 7.39. The molecule has 0 fully saturated rings. The van der Waals surface area contributed by atoms with Gasteiger partial charge in [-0.15, -0.1) is 0 Å². The second kappa shape index (κ2) is 8.44. The zero-order valence-electron chi connectivity index (χ0n) is 13.7. The highest BCUT2D eigenvalue weighted by Crippen LogP contribution is 2.16. The number of nitrogens with one attached hydrogen (secondary N) is 1. The molecular weight excluding hydrogens is 326 g/mol. The fourth-order valence-electron chi connectivity index (χ4n) is 1.91. The summed E-state index contributed by atoms with van der Waals surface area (Å²) in [6, 6.07) is 12.9. The molecule has 8 heteroatoms. The van der Waals surface area contributed by atoms with Crippen molar-refractivity contribution in [1.29, 1.82) is 0 Å². The SMILES string of the molecule is COc1ccc(NC(=O)C(C)O/N=C/c2ccccc2[N+](=O)[O-])cc1. The van der Waals surface area contributed by atoms with Crippen molar-refractivity contribution in [2.24, 2.45) is 5.16 Å². The summed E-state index contributed by atoms with van der Waals surface area (Å²) in [4.78, 5) is 27.5. The zero-order chi connectivity index (χ0) is 18.2. The van der Waals surface area contributed by atoms with Gasteiger partial charge in [0, 0.05) is 11.8 Å². The number of rotatable bonds is 7. The number of nitrogens with zero attached hydrogens (tertiary/aromatic N) is 2. The number of benzene rings is 2. The number of oxime groups is 1. The molecule has 25 heavy (non-hydrogen) atoms. The molecule has 0 aromatic heterocycles. The van der Waals surface area contributed by atoms with Gasteiger partial charge in [0.2, 0.25) is 6.10 Å². The number of methoxy groups -OCH3 is 1. The van der Waals surface area contributed by atoms with Crippen molar-refractivity contribution < 1.29 is 19.3 Å². The Bertz CT molecular complexity index is 774. The highest BCUT2D eigenvalue weighted by atomic mass is 16.6. The normalized spacial score (nSPS) is 11.8. The molecule has 0 aliphatic heterocycles. The first-order valence-corrected chi connectivity index (χ1v) is 7.39. The second-order valence-corrected chi connectivity index (χ2v) is 5.02. The van der Waals surface area contributed by atoms with Crippen LogP contribution in [-0.4, -0.2) is 30.3 Å². The first kappa shape index (κ1) is 17.9. The maximum absolute atomic E-state index is 12.0. The Kier molecular flexibility index (Phi) is 6.05. The third-order valence-corrected chi connectivity index (χ3v) is 3.27. The number of carbonyl (C=O) groups excluding carboxylic acids is 1. The van der Waals surface area contributed by atoms with Crippen molar-refractivity contribution in [2.45, 2.75) is 13.0 Å². The Hall–Kier alpha value is -3.42. The molecule has 1 N–H and O–H groups in total. The van der Waals surface area contributed by atoms with Gasteiger partial charge in [0.25, 0.3) is 11.6 Å². The van der Waals surface area contributed by atoms with Crippen molar-refractivity contribution in [3.8, 4) is 5.75 Å². The predicted octanol–water partition coefficient (Wildman–Crippen LogP) is 2.98. The average Bonchev–Trinajstić information content (AvgIpc) is 2.62. The van der Waals surface area contributed by atoms with Gasteiger partial charge in [-0.3, -0.25) is 14.9 Å². The molecule has 1 atom stereocenters. The Morgan fingerprint density at radius 1 is 1.24 bits per heavy atom. The Labute approximate surface area is 144 Å². The van der Waals surface area contributed by atoms with Crippen LogP contribution in [0.15, 0.2) is 53.7 Å². The quantitative estimate of drug-likeness (QED) is 0.473. The number of anilines is 1. The highest BCUT2D eigenvalue weighted by Gasteiger charge is 2.15. The van der Waals surface area contributed by atoms with E-state index in [0.717, 1.165) is 0 Å². The molecular formula is C17H17N3O5. The maximum atomic E-state index is 12.0. The van der Waals surface area contributed by atoms with Gasteiger partial charge in [-0.2, -0.15) is 0 Å². The molecule has 0 aliphatic carbocycles. The topological polar surface area (TPSA) is 103 Å². The predicted molar refractivity (Wildman–Crippen MR) is 92.9 cm³/mol. The van der Waals surface area contributed by atoms with Gasteiger partial charge < -0.3 is 14.9 Å². The number of hydrogen-bond acceptors (Lipinski definition) is 6. The molecule has 0 radical (unpaired) electrons. The molecule has 0 spiro atoms. The molecule has 8 nitrogen and oxygen atoms in total. The first-order chi connectivity index (χ1) is 12.0. The molecule has 0 aliphatic rings. The number of hydrogen-bond donors (Lipinski definition) is 1. The van der Waals surface area contributed by atoms with Gasteiger partial charge in [-0.25, -0.2) is 0 Å². The lowest BCUT2D eigenvalue weighted by molar-refractivity contribution is -0.385. The van der Waals surface area contributed by atoms with E-state index < -0.39 is 16.9 Å². The molecule has 0 heterocycles. The summed E-state index contributed by atoms with van der Waals surface area (Å²) < 4.78 is 5.04. The summed E-state index contributed by atoms with van der Waals surface area (Å²) in [5, 5.41) is 17.2. The van der Waals surface area contributed by atoms with Gasteiger partial charge in [-0.05, 0) is 37.3 Å². The second-order valence-electron chi connectivity index (χ2n) is 5.02. The van der Waals surface area contributed by atoms with E-state index in [9.17, 15) is 14.9 Å². The van der Waals surface area contributed by atoms with Crippen molar-refractivity contribution >= 4 is 23.5 Å². The number of ether oxygens (including phenoxy) is 1. The molecule has 0 bridgehead atoms. The Morgan fingerprint density at radius 3 is 2.56 bits per heavy atom. The molecule has 130 valence electrons. The summed E-state index contributed by atoms with van der Waals surface area (Å²) in [5.74, 6) is 0.279.